The lowest BCUT2D eigenvalue weighted by Crippen LogP contribution is -2.39. The zero-order valence-corrected chi connectivity index (χ0v) is 12.6. The van der Waals surface area contributed by atoms with Crippen molar-refractivity contribution in [3.8, 4) is 0 Å². The van der Waals surface area contributed by atoms with Gasteiger partial charge in [-0.25, -0.2) is 0 Å². The molecule has 0 aromatic rings. The van der Waals surface area contributed by atoms with Gasteiger partial charge >= 0.3 is 0 Å². The number of thiol groups is 1. The smallest absolute Gasteiger partial charge is 0.223 e. The molecule has 0 aromatic carbocycles. The molecule has 1 aliphatic carbocycles. The molecule has 0 N–H and O–H groups in total. The van der Waals surface area contributed by atoms with E-state index in [0.29, 0.717) is 11.9 Å². The molecule has 1 atom stereocenters. The highest BCUT2D eigenvalue weighted by Crippen LogP contribution is 2.50. The van der Waals surface area contributed by atoms with Gasteiger partial charge in [0.25, 0.3) is 0 Å². The van der Waals surface area contributed by atoms with E-state index in [0.717, 1.165) is 44.8 Å². The van der Waals surface area contributed by atoms with Gasteiger partial charge in [0.1, 0.15) is 0 Å². The standard InChI is InChI=1S/C14H26N2OS/c1-3-15(4-2)12-5-8-16(10-12)13(17)9-14(11-18)6-7-14/h12,18H,3-11H2,1-2H3. The van der Waals surface area contributed by atoms with Crippen LogP contribution in [0.3, 0.4) is 0 Å². The Kier molecular flexibility index (Phi) is 4.59. The first-order chi connectivity index (χ1) is 8.64. The van der Waals surface area contributed by atoms with E-state index in [1.165, 1.54) is 12.8 Å². The van der Waals surface area contributed by atoms with Crippen LogP contribution in [0.25, 0.3) is 0 Å². The molecule has 0 spiro atoms. The van der Waals surface area contributed by atoms with Crippen molar-refractivity contribution in [3.05, 3.63) is 0 Å². The first-order valence-corrected chi connectivity index (χ1v) is 7.90. The van der Waals surface area contributed by atoms with Crippen molar-refractivity contribution >= 4 is 18.5 Å². The van der Waals surface area contributed by atoms with Gasteiger partial charge in [0, 0.05) is 25.6 Å². The minimum atomic E-state index is 0.257. The number of likely N-dealkylation sites (tertiary alicyclic amines) is 1. The van der Waals surface area contributed by atoms with Gasteiger partial charge in [-0.05, 0) is 43.5 Å². The number of carbonyl (C=O) groups is 1. The minimum absolute atomic E-state index is 0.257. The third-order valence-electron chi connectivity index (χ3n) is 4.66. The molecule has 4 heteroatoms. The van der Waals surface area contributed by atoms with E-state index in [-0.39, 0.29) is 5.41 Å². The van der Waals surface area contributed by atoms with Crippen LogP contribution < -0.4 is 0 Å². The largest absolute Gasteiger partial charge is 0.341 e. The second-order valence-corrected chi connectivity index (χ2v) is 6.15. The molecule has 0 bridgehead atoms. The Morgan fingerprint density at radius 1 is 1.39 bits per heavy atom. The number of rotatable bonds is 6. The number of nitrogens with zero attached hydrogens (tertiary/aromatic N) is 2. The highest BCUT2D eigenvalue weighted by molar-refractivity contribution is 7.80. The van der Waals surface area contributed by atoms with Gasteiger partial charge in [-0.2, -0.15) is 12.6 Å². The zero-order valence-electron chi connectivity index (χ0n) is 11.7. The summed E-state index contributed by atoms with van der Waals surface area (Å²) in [5, 5.41) is 0. The lowest BCUT2D eigenvalue weighted by Gasteiger charge is -2.26. The molecule has 18 heavy (non-hydrogen) atoms. The lowest BCUT2D eigenvalue weighted by atomic mass is 10.0. The number of hydrogen-bond acceptors (Lipinski definition) is 3. The van der Waals surface area contributed by atoms with Crippen LogP contribution in [0.5, 0.6) is 0 Å². The average Bonchev–Trinajstić information content (AvgIpc) is 2.98. The molecule has 2 fully saturated rings. The molecule has 3 nitrogen and oxygen atoms in total. The molecule has 1 heterocycles. The van der Waals surface area contributed by atoms with Crippen molar-refractivity contribution in [3.63, 3.8) is 0 Å². The van der Waals surface area contributed by atoms with Gasteiger partial charge in [-0.3, -0.25) is 9.69 Å². The van der Waals surface area contributed by atoms with Crippen molar-refractivity contribution in [2.45, 2.75) is 45.6 Å². The summed E-state index contributed by atoms with van der Waals surface area (Å²) in [5.74, 6) is 1.22. The first-order valence-electron chi connectivity index (χ1n) is 7.27. The van der Waals surface area contributed by atoms with E-state index < -0.39 is 0 Å². The number of amides is 1. The first kappa shape index (κ1) is 14.2. The fraction of sp³-hybridized carbons (Fsp3) is 0.929. The van der Waals surface area contributed by atoms with Gasteiger partial charge in [-0.1, -0.05) is 13.8 Å². The highest BCUT2D eigenvalue weighted by Gasteiger charge is 2.44. The molecule has 1 aliphatic heterocycles. The maximum Gasteiger partial charge on any atom is 0.223 e. The Balaban J connectivity index is 1.83. The van der Waals surface area contributed by atoms with Crippen LogP contribution >= 0.6 is 12.6 Å². The maximum atomic E-state index is 12.3. The van der Waals surface area contributed by atoms with Gasteiger partial charge in [-0.15, -0.1) is 0 Å². The van der Waals surface area contributed by atoms with Gasteiger partial charge < -0.3 is 4.90 Å². The summed E-state index contributed by atoms with van der Waals surface area (Å²) < 4.78 is 0. The summed E-state index contributed by atoms with van der Waals surface area (Å²) in [4.78, 5) is 16.8. The van der Waals surface area contributed by atoms with Gasteiger partial charge in [0.05, 0.1) is 0 Å². The molecule has 1 unspecified atom stereocenters. The Bertz CT molecular complexity index is 300. The topological polar surface area (TPSA) is 23.6 Å². The summed E-state index contributed by atoms with van der Waals surface area (Å²) in [6.07, 6.45) is 4.24. The van der Waals surface area contributed by atoms with Crippen LogP contribution in [0.1, 0.15) is 39.5 Å². The van der Waals surface area contributed by atoms with E-state index in [2.05, 4.69) is 36.3 Å². The molecule has 1 saturated heterocycles. The predicted octanol–water partition coefficient (Wildman–Crippen LogP) is 2.03. The number of carbonyl (C=O) groups excluding carboxylic acids is 1. The SMILES string of the molecule is CCN(CC)C1CCN(C(=O)CC2(CS)CC2)C1. The quantitative estimate of drug-likeness (QED) is 0.747. The van der Waals surface area contributed by atoms with Crippen molar-refractivity contribution in [1.29, 1.82) is 0 Å². The fourth-order valence-electron chi connectivity index (χ4n) is 3.01. The Morgan fingerprint density at radius 3 is 2.56 bits per heavy atom. The van der Waals surface area contributed by atoms with Crippen molar-refractivity contribution in [1.82, 2.24) is 9.80 Å². The van der Waals surface area contributed by atoms with Crippen LogP contribution in [-0.4, -0.2) is 53.7 Å². The second kappa shape index (κ2) is 5.83. The summed E-state index contributed by atoms with van der Waals surface area (Å²) in [6, 6.07) is 0.579. The molecule has 2 aliphatic rings. The molecule has 104 valence electrons. The van der Waals surface area contributed by atoms with Crippen LogP contribution in [0.2, 0.25) is 0 Å². The monoisotopic (exact) mass is 270 g/mol. The van der Waals surface area contributed by atoms with Crippen LogP contribution in [0.15, 0.2) is 0 Å². The van der Waals surface area contributed by atoms with Gasteiger partial charge in [0.2, 0.25) is 5.91 Å². The summed E-state index contributed by atoms with van der Waals surface area (Å²) in [5.41, 5.74) is 0.257. The van der Waals surface area contributed by atoms with E-state index in [9.17, 15) is 4.79 Å². The molecule has 1 amide bonds. The minimum Gasteiger partial charge on any atom is -0.341 e. The van der Waals surface area contributed by atoms with Crippen molar-refractivity contribution in [2.24, 2.45) is 5.41 Å². The molecule has 0 radical (unpaired) electrons. The normalized spacial score (nSPS) is 25.8. The predicted molar refractivity (Wildman–Crippen MR) is 78.0 cm³/mol. The van der Waals surface area contributed by atoms with Crippen LogP contribution in [0.4, 0.5) is 0 Å². The molecular weight excluding hydrogens is 244 g/mol. The molecule has 1 saturated carbocycles. The third kappa shape index (κ3) is 3.02. The fourth-order valence-corrected chi connectivity index (χ4v) is 3.43. The molecule has 0 aromatic heterocycles. The number of hydrogen-bond donors (Lipinski definition) is 1. The zero-order chi connectivity index (χ0) is 13.2. The lowest BCUT2D eigenvalue weighted by molar-refractivity contribution is -0.131. The van der Waals surface area contributed by atoms with E-state index in [4.69, 9.17) is 0 Å². The molecular formula is C14H26N2OS. The highest BCUT2D eigenvalue weighted by atomic mass is 32.1. The third-order valence-corrected chi connectivity index (χ3v) is 5.33. The van der Waals surface area contributed by atoms with E-state index in [1.807, 2.05) is 0 Å². The molecule has 2 rings (SSSR count). The van der Waals surface area contributed by atoms with Crippen molar-refractivity contribution in [2.75, 3.05) is 31.9 Å². The summed E-state index contributed by atoms with van der Waals surface area (Å²) >= 11 is 4.38. The summed E-state index contributed by atoms with van der Waals surface area (Å²) in [7, 11) is 0. The van der Waals surface area contributed by atoms with E-state index in [1.54, 1.807) is 0 Å². The van der Waals surface area contributed by atoms with Gasteiger partial charge in [0.15, 0.2) is 0 Å². The number of likely N-dealkylation sites (N-methyl/N-ethyl adjacent to an activating group) is 1. The van der Waals surface area contributed by atoms with Crippen LogP contribution in [-0.2, 0) is 4.79 Å². The second-order valence-electron chi connectivity index (χ2n) is 5.84. The summed E-state index contributed by atoms with van der Waals surface area (Å²) in [6.45, 7) is 8.46. The van der Waals surface area contributed by atoms with Crippen LogP contribution in [0, 0.1) is 5.41 Å². The Hall–Kier alpha value is -0.220. The van der Waals surface area contributed by atoms with E-state index >= 15 is 0 Å². The average molecular weight is 270 g/mol. The maximum absolute atomic E-state index is 12.3. The van der Waals surface area contributed by atoms with Crippen molar-refractivity contribution < 1.29 is 4.79 Å². The Labute approximate surface area is 116 Å². The Morgan fingerprint density at radius 2 is 2.06 bits per heavy atom.